The van der Waals surface area contributed by atoms with Crippen LogP contribution in [-0.4, -0.2) is 21.2 Å². The zero-order valence-corrected chi connectivity index (χ0v) is 14.7. The molecular weight excluding hydrogens is 314 g/mol. The lowest BCUT2D eigenvalue weighted by Crippen LogP contribution is -2.27. The number of rotatable bonds is 1. The highest BCUT2D eigenvalue weighted by atomic mass is 16.6. The lowest BCUT2D eigenvalue weighted by Gasteiger charge is -2.21. The third-order valence-corrected chi connectivity index (χ3v) is 3.86. The summed E-state index contributed by atoms with van der Waals surface area (Å²) in [5.41, 5.74) is 3.11. The van der Waals surface area contributed by atoms with Crippen LogP contribution in [0.25, 0.3) is 22.2 Å². The number of nitriles is 1. The molecule has 0 atom stereocenters. The first-order valence-electron chi connectivity index (χ1n) is 8.01. The highest BCUT2D eigenvalue weighted by molar-refractivity contribution is 5.99. The molecule has 0 fully saturated rings. The van der Waals surface area contributed by atoms with Crippen molar-refractivity contribution in [3.05, 3.63) is 53.9 Å². The molecule has 0 unspecified atom stereocenters. The second-order valence-electron chi connectivity index (χ2n) is 6.87. The van der Waals surface area contributed by atoms with E-state index in [4.69, 9.17) is 4.74 Å². The topological polar surface area (TPSA) is 67.9 Å². The number of hydrogen-bond acceptors (Lipinski definition) is 4. The normalized spacial score (nSPS) is 11.3. The molecule has 0 aliphatic heterocycles. The van der Waals surface area contributed by atoms with Crippen LogP contribution < -0.4 is 0 Å². The van der Waals surface area contributed by atoms with E-state index < -0.39 is 11.7 Å². The fraction of sp³-hybridized carbons (Fsp3) is 0.250. The van der Waals surface area contributed by atoms with E-state index >= 15 is 0 Å². The Labute approximate surface area is 146 Å². The highest BCUT2D eigenvalue weighted by Gasteiger charge is 2.25. The van der Waals surface area contributed by atoms with Crippen molar-refractivity contribution in [2.45, 2.75) is 33.3 Å². The maximum absolute atomic E-state index is 12.9. The average Bonchev–Trinajstić information content (AvgIpc) is 2.86. The molecule has 1 aromatic carbocycles. The number of hydrogen-bond donors (Lipinski definition) is 0. The maximum atomic E-state index is 12.9. The Kier molecular flexibility index (Phi) is 4.05. The minimum absolute atomic E-state index is 0.450. The van der Waals surface area contributed by atoms with Gasteiger partial charge in [-0.25, -0.2) is 9.36 Å². The van der Waals surface area contributed by atoms with Crippen molar-refractivity contribution in [3.63, 3.8) is 0 Å². The van der Waals surface area contributed by atoms with Crippen molar-refractivity contribution in [2.75, 3.05) is 0 Å². The van der Waals surface area contributed by atoms with Gasteiger partial charge in [0.05, 0.1) is 22.8 Å². The molecule has 0 aliphatic rings. The summed E-state index contributed by atoms with van der Waals surface area (Å²) in [6.45, 7) is 7.44. The zero-order chi connectivity index (χ0) is 18.2. The molecule has 3 rings (SSSR count). The standard InChI is InChI=1S/C20H19N3O2/c1-13-16-10-14(11-21)7-8-17(16)23(19(24)25-20(2,3)4)18(13)15-6-5-9-22-12-15/h5-10,12H,1-4H3. The van der Waals surface area contributed by atoms with Gasteiger partial charge in [-0.1, -0.05) is 0 Å². The molecule has 5 heteroatoms. The minimum atomic E-state index is -0.611. The monoisotopic (exact) mass is 333 g/mol. The molecule has 3 aromatic rings. The van der Waals surface area contributed by atoms with Crippen LogP contribution in [-0.2, 0) is 4.74 Å². The van der Waals surface area contributed by atoms with Crippen LogP contribution in [0.15, 0.2) is 42.7 Å². The highest BCUT2D eigenvalue weighted by Crippen LogP contribution is 2.34. The third kappa shape index (κ3) is 3.11. The number of nitrogens with zero attached hydrogens (tertiary/aromatic N) is 3. The summed E-state index contributed by atoms with van der Waals surface area (Å²) < 4.78 is 7.17. The van der Waals surface area contributed by atoms with Crippen molar-refractivity contribution < 1.29 is 9.53 Å². The number of aryl methyl sites for hydroxylation is 1. The largest absolute Gasteiger partial charge is 0.443 e. The van der Waals surface area contributed by atoms with Gasteiger partial charge in [0.1, 0.15) is 5.60 Å². The quantitative estimate of drug-likeness (QED) is 0.649. The zero-order valence-electron chi connectivity index (χ0n) is 14.7. The SMILES string of the molecule is Cc1c(-c2cccnc2)n(C(=O)OC(C)(C)C)c2ccc(C#N)cc12. The van der Waals surface area contributed by atoms with Crippen molar-refractivity contribution in [1.29, 1.82) is 5.26 Å². The molecule has 0 saturated carbocycles. The van der Waals surface area contributed by atoms with Gasteiger partial charge >= 0.3 is 6.09 Å². The van der Waals surface area contributed by atoms with Crippen LogP contribution in [0.4, 0.5) is 4.79 Å². The molecule has 0 spiro atoms. The number of ether oxygens (including phenoxy) is 1. The molecule has 0 radical (unpaired) electrons. The van der Waals surface area contributed by atoms with Crippen LogP contribution >= 0.6 is 0 Å². The fourth-order valence-electron chi connectivity index (χ4n) is 2.86. The molecular formula is C20H19N3O2. The van der Waals surface area contributed by atoms with Crippen LogP contribution in [0, 0.1) is 18.3 Å². The lowest BCUT2D eigenvalue weighted by atomic mass is 10.1. The smallest absolute Gasteiger partial charge is 0.419 e. The Hall–Kier alpha value is -3.13. The van der Waals surface area contributed by atoms with Gasteiger partial charge in [0.15, 0.2) is 0 Å². The van der Waals surface area contributed by atoms with E-state index in [0.717, 1.165) is 22.2 Å². The second-order valence-corrected chi connectivity index (χ2v) is 6.87. The summed E-state index contributed by atoms with van der Waals surface area (Å²) in [6, 6.07) is 11.2. The molecule has 0 bridgehead atoms. The molecule has 0 aliphatic carbocycles. The summed E-state index contributed by atoms with van der Waals surface area (Å²) in [5, 5.41) is 10.0. The van der Waals surface area contributed by atoms with E-state index in [2.05, 4.69) is 11.1 Å². The average molecular weight is 333 g/mol. The van der Waals surface area contributed by atoms with Crippen molar-refractivity contribution in [3.8, 4) is 17.3 Å². The molecule has 0 N–H and O–H groups in total. The van der Waals surface area contributed by atoms with E-state index in [-0.39, 0.29) is 0 Å². The Morgan fingerprint density at radius 2 is 2.04 bits per heavy atom. The van der Waals surface area contributed by atoms with Crippen LogP contribution in [0.1, 0.15) is 31.9 Å². The van der Waals surface area contributed by atoms with E-state index in [1.54, 1.807) is 35.2 Å². The molecule has 2 heterocycles. The Morgan fingerprint density at radius 3 is 2.64 bits per heavy atom. The lowest BCUT2D eigenvalue weighted by molar-refractivity contribution is 0.0547. The van der Waals surface area contributed by atoms with Gasteiger partial charge in [0.2, 0.25) is 0 Å². The predicted octanol–water partition coefficient (Wildman–Crippen LogP) is 4.67. The number of carbonyl (C=O) groups is 1. The van der Waals surface area contributed by atoms with E-state index in [9.17, 15) is 10.1 Å². The summed E-state index contributed by atoms with van der Waals surface area (Å²) >= 11 is 0. The van der Waals surface area contributed by atoms with Gasteiger partial charge in [0, 0.05) is 23.3 Å². The fourth-order valence-corrected chi connectivity index (χ4v) is 2.86. The molecule has 0 saturated heterocycles. The van der Waals surface area contributed by atoms with Gasteiger partial charge in [0.25, 0.3) is 0 Å². The maximum Gasteiger partial charge on any atom is 0.419 e. The van der Waals surface area contributed by atoms with Crippen molar-refractivity contribution in [2.24, 2.45) is 0 Å². The Morgan fingerprint density at radius 1 is 1.28 bits per heavy atom. The van der Waals surface area contributed by atoms with Gasteiger partial charge in [-0.15, -0.1) is 0 Å². The van der Waals surface area contributed by atoms with E-state index in [1.807, 2.05) is 39.8 Å². The van der Waals surface area contributed by atoms with Crippen LogP contribution in [0.3, 0.4) is 0 Å². The van der Waals surface area contributed by atoms with Crippen molar-refractivity contribution in [1.82, 2.24) is 9.55 Å². The number of benzene rings is 1. The second kappa shape index (κ2) is 6.06. The first kappa shape index (κ1) is 16.7. The molecule has 0 amide bonds. The molecule has 2 aromatic heterocycles. The molecule has 126 valence electrons. The summed E-state index contributed by atoms with van der Waals surface area (Å²) in [7, 11) is 0. The van der Waals surface area contributed by atoms with Crippen LogP contribution in [0.5, 0.6) is 0 Å². The van der Waals surface area contributed by atoms with Gasteiger partial charge in [-0.3, -0.25) is 4.98 Å². The number of fused-ring (bicyclic) bond motifs is 1. The summed E-state index contributed by atoms with van der Waals surface area (Å²) in [6.07, 6.45) is 2.95. The number of pyridine rings is 1. The summed E-state index contributed by atoms with van der Waals surface area (Å²) in [4.78, 5) is 17.1. The third-order valence-electron chi connectivity index (χ3n) is 3.86. The molecule has 5 nitrogen and oxygen atoms in total. The minimum Gasteiger partial charge on any atom is -0.443 e. The Bertz CT molecular complexity index is 990. The predicted molar refractivity (Wildman–Crippen MR) is 96.3 cm³/mol. The first-order valence-corrected chi connectivity index (χ1v) is 8.01. The van der Waals surface area contributed by atoms with Gasteiger partial charge in [-0.05, 0) is 63.6 Å². The first-order chi connectivity index (χ1) is 11.8. The van der Waals surface area contributed by atoms with E-state index in [1.165, 1.54) is 0 Å². The van der Waals surface area contributed by atoms with Gasteiger partial charge < -0.3 is 4.74 Å². The Balaban J connectivity index is 2.32. The number of carbonyl (C=O) groups excluding carboxylic acids is 1. The molecule has 25 heavy (non-hydrogen) atoms. The van der Waals surface area contributed by atoms with Gasteiger partial charge in [-0.2, -0.15) is 5.26 Å². The summed E-state index contributed by atoms with van der Waals surface area (Å²) in [5.74, 6) is 0. The van der Waals surface area contributed by atoms with E-state index in [0.29, 0.717) is 11.1 Å². The van der Waals surface area contributed by atoms with Crippen LogP contribution in [0.2, 0.25) is 0 Å². The number of aromatic nitrogens is 2. The van der Waals surface area contributed by atoms with Crippen molar-refractivity contribution >= 4 is 17.0 Å².